The highest BCUT2D eigenvalue weighted by Gasteiger charge is 2.35. The highest BCUT2D eigenvalue weighted by Crippen LogP contribution is 2.34. The summed E-state index contributed by atoms with van der Waals surface area (Å²) in [7, 11) is 0. The summed E-state index contributed by atoms with van der Waals surface area (Å²) in [5.41, 5.74) is 2.62. The van der Waals surface area contributed by atoms with Crippen molar-refractivity contribution in [3.63, 3.8) is 0 Å². The lowest BCUT2D eigenvalue weighted by Crippen LogP contribution is -2.27. The van der Waals surface area contributed by atoms with E-state index in [1.165, 1.54) is 10.3 Å². The van der Waals surface area contributed by atoms with E-state index in [-0.39, 0.29) is 17.7 Å². The normalized spacial score (nSPS) is 14.9. The summed E-state index contributed by atoms with van der Waals surface area (Å²) >= 11 is 7.14. The molecule has 4 nitrogen and oxygen atoms in total. The standard InChI is InChI=1S/C28H20ClNO3S/c29-25-14-4-2-9-21(25)17-30-27(31)26(34-28(30)32)16-19-7-5-12-23(15-19)33-18-22-11-6-10-20-8-1-3-13-24(20)22/h1-16H,17-18H2/b26-16-. The van der Waals surface area contributed by atoms with Crippen LogP contribution in [0.5, 0.6) is 5.75 Å². The summed E-state index contributed by atoms with van der Waals surface area (Å²) in [6.45, 7) is 0.578. The second-order valence-corrected chi connectivity index (χ2v) is 9.26. The van der Waals surface area contributed by atoms with Crippen LogP contribution in [0.4, 0.5) is 4.79 Å². The van der Waals surface area contributed by atoms with Crippen LogP contribution >= 0.6 is 23.4 Å². The fourth-order valence-corrected chi connectivity index (χ4v) is 4.89. The third-order valence-electron chi connectivity index (χ3n) is 5.59. The number of rotatable bonds is 6. The third kappa shape index (κ3) is 4.72. The number of hydrogen-bond donors (Lipinski definition) is 0. The first-order valence-electron chi connectivity index (χ1n) is 10.8. The van der Waals surface area contributed by atoms with Crippen LogP contribution in [0.15, 0.2) is 95.9 Å². The summed E-state index contributed by atoms with van der Waals surface area (Å²) in [6, 6.07) is 29.1. The van der Waals surface area contributed by atoms with E-state index in [1.54, 1.807) is 12.1 Å². The summed E-state index contributed by atoms with van der Waals surface area (Å²) in [5.74, 6) is 0.369. The number of carbonyl (C=O) groups excluding carboxylic acids is 2. The van der Waals surface area contributed by atoms with Crippen LogP contribution in [0.25, 0.3) is 16.8 Å². The predicted molar refractivity (Wildman–Crippen MR) is 138 cm³/mol. The second kappa shape index (κ2) is 9.75. The minimum atomic E-state index is -0.322. The van der Waals surface area contributed by atoms with Gasteiger partial charge in [-0.15, -0.1) is 0 Å². The fourth-order valence-electron chi connectivity index (χ4n) is 3.86. The molecule has 5 rings (SSSR count). The first kappa shape index (κ1) is 22.3. The first-order chi connectivity index (χ1) is 16.6. The van der Waals surface area contributed by atoms with Gasteiger partial charge >= 0.3 is 0 Å². The van der Waals surface area contributed by atoms with Crippen LogP contribution in [0.2, 0.25) is 5.02 Å². The molecule has 4 aromatic carbocycles. The van der Waals surface area contributed by atoms with Crippen molar-refractivity contribution in [1.29, 1.82) is 0 Å². The zero-order valence-corrected chi connectivity index (χ0v) is 19.7. The monoisotopic (exact) mass is 485 g/mol. The summed E-state index contributed by atoms with van der Waals surface area (Å²) in [5, 5.41) is 2.55. The van der Waals surface area contributed by atoms with Gasteiger partial charge in [-0.3, -0.25) is 14.5 Å². The number of imide groups is 1. The van der Waals surface area contributed by atoms with Crippen molar-refractivity contribution >= 4 is 51.4 Å². The number of thioether (sulfide) groups is 1. The van der Waals surface area contributed by atoms with Gasteiger partial charge in [0.1, 0.15) is 12.4 Å². The Morgan fingerprint density at radius 1 is 0.853 bits per heavy atom. The zero-order valence-electron chi connectivity index (χ0n) is 18.1. The van der Waals surface area contributed by atoms with Crippen LogP contribution in [0.1, 0.15) is 16.7 Å². The van der Waals surface area contributed by atoms with E-state index in [0.717, 1.165) is 33.8 Å². The van der Waals surface area contributed by atoms with Crippen molar-refractivity contribution in [3.8, 4) is 5.75 Å². The summed E-state index contributed by atoms with van der Waals surface area (Å²) in [4.78, 5) is 27.0. The SMILES string of the molecule is O=C1S/C(=C\c2cccc(OCc3cccc4ccccc34)c2)C(=O)N1Cc1ccccc1Cl. The summed E-state index contributed by atoms with van der Waals surface area (Å²) in [6.07, 6.45) is 1.72. The van der Waals surface area contributed by atoms with Crippen LogP contribution in [0.3, 0.4) is 0 Å². The molecule has 1 aliphatic heterocycles. The fraction of sp³-hybridized carbons (Fsp3) is 0.0714. The molecule has 0 atom stereocenters. The average Bonchev–Trinajstić information content (AvgIpc) is 3.11. The molecule has 1 aliphatic rings. The van der Waals surface area contributed by atoms with Crippen molar-refractivity contribution in [2.75, 3.05) is 0 Å². The molecule has 1 saturated heterocycles. The van der Waals surface area contributed by atoms with Crippen molar-refractivity contribution in [1.82, 2.24) is 4.90 Å². The van der Waals surface area contributed by atoms with Gasteiger partial charge in [-0.25, -0.2) is 0 Å². The van der Waals surface area contributed by atoms with E-state index < -0.39 is 0 Å². The maximum atomic E-state index is 12.9. The predicted octanol–water partition coefficient (Wildman–Crippen LogP) is 7.31. The van der Waals surface area contributed by atoms with E-state index in [9.17, 15) is 9.59 Å². The first-order valence-corrected chi connectivity index (χ1v) is 12.0. The van der Waals surface area contributed by atoms with Gasteiger partial charge in [0, 0.05) is 5.02 Å². The number of halogens is 1. The highest BCUT2D eigenvalue weighted by atomic mass is 35.5. The molecule has 0 aliphatic carbocycles. The molecular weight excluding hydrogens is 466 g/mol. The van der Waals surface area contributed by atoms with Gasteiger partial charge in [0.05, 0.1) is 11.4 Å². The lowest BCUT2D eigenvalue weighted by molar-refractivity contribution is -0.123. The molecule has 1 fully saturated rings. The van der Waals surface area contributed by atoms with E-state index in [2.05, 4.69) is 24.3 Å². The summed E-state index contributed by atoms with van der Waals surface area (Å²) < 4.78 is 6.05. The quantitative estimate of drug-likeness (QED) is 0.269. The molecule has 0 spiro atoms. The molecule has 0 aromatic heterocycles. The minimum absolute atomic E-state index is 0.149. The lowest BCUT2D eigenvalue weighted by atomic mass is 10.1. The number of carbonyl (C=O) groups is 2. The molecule has 168 valence electrons. The Balaban J connectivity index is 1.31. The molecule has 6 heteroatoms. The van der Waals surface area contributed by atoms with Gasteiger partial charge in [0.15, 0.2) is 0 Å². The van der Waals surface area contributed by atoms with Crippen molar-refractivity contribution < 1.29 is 14.3 Å². The van der Waals surface area contributed by atoms with Gasteiger partial charge < -0.3 is 4.74 Å². The smallest absolute Gasteiger partial charge is 0.293 e. The molecule has 2 amide bonds. The lowest BCUT2D eigenvalue weighted by Gasteiger charge is -2.13. The zero-order chi connectivity index (χ0) is 23.5. The van der Waals surface area contributed by atoms with Crippen LogP contribution in [0, 0.1) is 0 Å². The topological polar surface area (TPSA) is 46.6 Å². The second-order valence-electron chi connectivity index (χ2n) is 7.86. The molecule has 0 saturated carbocycles. The van der Waals surface area contributed by atoms with Crippen LogP contribution < -0.4 is 4.74 Å². The molecule has 1 heterocycles. The van der Waals surface area contributed by atoms with E-state index >= 15 is 0 Å². The number of benzene rings is 4. The molecule has 0 N–H and O–H groups in total. The Kier molecular flexibility index (Phi) is 6.39. The van der Waals surface area contributed by atoms with Gasteiger partial charge in [-0.2, -0.15) is 0 Å². The largest absolute Gasteiger partial charge is 0.489 e. The molecule has 34 heavy (non-hydrogen) atoms. The molecular formula is C28H20ClNO3S. The number of hydrogen-bond acceptors (Lipinski definition) is 4. The van der Waals surface area contributed by atoms with E-state index in [0.29, 0.717) is 22.3 Å². The van der Waals surface area contributed by atoms with Crippen molar-refractivity contribution in [3.05, 3.63) is 118 Å². The number of fused-ring (bicyclic) bond motifs is 1. The Hall–Kier alpha value is -3.54. The number of nitrogens with zero attached hydrogens (tertiary/aromatic N) is 1. The Labute approximate surface area is 206 Å². The number of ether oxygens (including phenoxy) is 1. The van der Waals surface area contributed by atoms with Gasteiger partial charge in [0.2, 0.25) is 0 Å². The van der Waals surface area contributed by atoms with Gasteiger partial charge in [-0.05, 0) is 63.5 Å². The molecule has 4 aromatic rings. The Bertz CT molecular complexity index is 1430. The third-order valence-corrected chi connectivity index (χ3v) is 6.87. The minimum Gasteiger partial charge on any atom is -0.489 e. The maximum Gasteiger partial charge on any atom is 0.293 e. The number of amides is 2. The van der Waals surface area contributed by atoms with Gasteiger partial charge in [-0.1, -0.05) is 84.4 Å². The molecule has 0 radical (unpaired) electrons. The van der Waals surface area contributed by atoms with Crippen LogP contribution in [-0.2, 0) is 17.9 Å². The Morgan fingerprint density at radius 2 is 1.59 bits per heavy atom. The van der Waals surface area contributed by atoms with Crippen molar-refractivity contribution in [2.45, 2.75) is 13.2 Å². The van der Waals surface area contributed by atoms with Crippen LogP contribution in [-0.4, -0.2) is 16.0 Å². The van der Waals surface area contributed by atoms with E-state index in [4.69, 9.17) is 16.3 Å². The average molecular weight is 486 g/mol. The highest BCUT2D eigenvalue weighted by molar-refractivity contribution is 8.18. The van der Waals surface area contributed by atoms with Crippen molar-refractivity contribution in [2.24, 2.45) is 0 Å². The molecule has 0 bridgehead atoms. The van der Waals surface area contributed by atoms with E-state index in [1.807, 2.05) is 60.7 Å². The Morgan fingerprint density at radius 3 is 2.47 bits per heavy atom. The van der Waals surface area contributed by atoms with Gasteiger partial charge in [0.25, 0.3) is 11.1 Å². The maximum absolute atomic E-state index is 12.9. The molecule has 0 unspecified atom stereocenters.